The Labute approximate surface area is 98.8 Å². The quantitative estimate of drug-likeness (QED) is 0.679. The zero-order chi connectivity index (χ0) is 11.4. The van der Waals surface area contributed by atoms with Gasteiger partial charge in [0.25, 0.3) is 0 Å². The van der Waals surface area contributed by atoms with Gasteiger partial charge in [-0.2, -0.15) is 0 Å². The lowest BCUT2D eigenvalue weighted by molar-refractivity contribution is 0.157. The van der Waals surface area contributed by atoms with E-state index in [0.29, 0.717) is 18.6 Å². The first-order chi connectivity index (χ1) is 7.79. The molecule has 0 heterocycles. The highest BCUT2D eigenvalue weighted by molar-refractivity contribution is 4.97. The summed E-state index contributed by atoms with van der Waals surface area (Å²) in [6, 6.07) is 0.506. The average Bonchev–Trinajstić information content (AvgIpc) is 2.77. The molecule has 0 radical (unpaired) electrons. The van der Waals surface area contributed by atoms with Crippen molar-refractivity contribution in [3.05, 3.63) is 0 Å². The molecule has 0 aliphatic heterocycles. The Morgan fingerprint density at radius 2 is 1.88 bits per heavy atom. The van der Waals surface area contributed by atoms with Crippen molar-refractivity contribution in [2.75, 3.05) is 13.2 Å². The minimum Gasteiger partial charge on any atom is -0.396 e. The van der Waals surface area contributed by atoms with Crippen molar-refractivity contribution in [2.45, 2.75) is 62.9 Å². The van der Waals surface area contributed by atoms with Crippen molar-refractivity contribution < 1.29 is 5.11 Å². The van der Waals surface area contributed by atoms with Gasteiger partial charge in [-0.25, -0.2) is 0 Å². The monoisotopic (exact) mass is 226 g/mol. The molecule has 2 saturated carbocycles. The van der Waals surface area contributed by atoms with Gasteiger partial charge in [0.2, 0.25) is 0 Å². The molecule has 0 amide bonds. The van der Waals surface area contributed by atoms with Crippen molar-refractivity contribution in [1.29, 1.82) is 0 Å². The molecule has 2 rings (SSSR count). The molecule has 0 aromatic carbocycles. The summed E-state index contributed by atoms with van der Waals surface area (Å²) in [7, 11) is 0. The van der Waals surface area contributed by atoms with Crippen LogP contribution in [0.3, 0.4) is 0 Å². The third-order valence-corrected chi connectivity index (χ3v) is 4.59. The zero-order valence-electron chi connectivity index (χ0n) is 10.3. The number of hydrogen-bond acceptors (Lipinski definition) is 3. The maximum Gasteiger partial charge on any atom is 0.0474 e. The van der Waals surface area contributed by atoms with E-state index in [0.717, 1.165) is 6.54 Å². The molecule has 16 heavy (non-hydrogen) atoms. The summed E-state index contributed by atoms with van der Waals surface area (Å²) < 4.78 is 0. The van der Waals surface area contributed by atoms with E-state index in [-0.39, 0.29) is 5.54 Å². The number of nitrogens with one attached hydrogen (secondary N) is 1. The van der Waals surface area contributed by atoms with E-state index in [4.69, 9.17) is 5.73 Å². The molecule has 2 aliphatic rings. The summed E-state index contributed by atoms with van der Waals surface area (Å²) in [4.78, 5) is 0. The van der Waals surface area contributed by atoms with Gasteiger partial charge in [-0.1, -0.05) is 25.7 Å². The lowest BCUT2D eigenvalue weighted by Gasteiger charge is -2.41. The van der Waals surface area contributed by atoms with Crippen molar-refractivity contribution in [3.8, 4) is 0 Å². The highest BCUT2D eigenvalue weighted by Gasteiger charge is 2.36. The summed E-state index contributed by atoms with van der Waals surface area (Å²) in [6.45, 7) is 1.08. The Bertz CT molecular complexity index is 214. The fourth-order valence-corrected chi connectivity index (χ4v) is 3.47. The van der Waals surface area contributed by atoms with E-state index < -0.39 is 0 Å². The van der Waals surface area contributed by atoms with Crippen LogP contribution in [0.25, 0.3) is 0 Å². The SMILES string of the molecule is NCC1(NC2CCCC2CO)CCCCC1. The second kappa shape index (κ2) is 5.48. The maximum absolute atomic E-state index is 9.35. The standard InChI is InChI=1S/C13H26N2O/c14-10-13(7-2-1-3-8-13)15-12-6-4-5-11(12)9-16/h11-12,15-16H,1-10,14H2. The van der Waals surface area contributed by atoms with Crippen molar-refractivity contribution in [2.24, 2.45) is 11.7 Å². The first-order valence-corrected chi connectivity index (χ1v) is 6.88. The molecule has 0 aromatic heterocycles. The van der Waals surface area contributed by atoms with Gasteiger partial charge in [0.1, 0.15) is 0 Å². The lowest BCUT2D eigenvalue weighted by Crippen LogP contribution is -2.57. The van der Waals surface area contributed by atoms with Crippen LogP contribution >= 0.6 is 0 Å². The third-order valence-electron chi connectivity index (χ3n) is 4.59. The second-order valence-electron chi connectivity index (χ2n) is 5.67. The van der Waals surface area contributed by atoms with Crippen LogP contribution in [0, 0.1) is 5.92 Å². The van der Waals surface area contributed by atoms with Crippen LogP contribution in [0.1, 0.15) is 51.4 Å². The van der Waals surface area contributed by atoms with E-state index in [9.17, 15) is 5.11 Å². The lowest BCUT2D eigenvalue weighted by atomic mass is 9.80. The largest absolute Gasteiger partial charge is 0.396 e. The van der Waals surface area contributed by atoms with Crippen LogP contribution in [0.15, 0.2) is 0 Å². The molecule has 94 valence electrons. The summed E-state index contributed by atoms with van der Waals surface area (Å²) in [5.74, 6) is 0.463. The van der Waals surface area contributed by atoms with Crippen LogP contribution in [0.2, 0.25) is 0 Å². The molecule has 2 unspecified atom stereocenters. The van der Waals surface area contributed by atoms with Crippen LogP contribution in [0.4, 0.5) is 0 Å². The Morgan fingerprint density at radius 3 is 2.50 bits per heavy atom. The number of aliphatic hydroxyl groups is 1. The molecule has 3 heteroatoms. The maximum atomic E-state index is 9.35. The van der Waals surface area contributed by atoms with Crippen LogP contribution < -0.4 is 11.1 Å². The Morgan fingerprint density at radius 1 is 1.12 bits per heavy atom. The van der Waals surface area contributed by atoms with Crippen LogP contribution in [0.5, 0.6) is 0 Å². The smallest absolute Gasteiger partial charge is 0.0474 e. The van der Waals surface area contributed by atoms with E-state index in [1.165, 1.54) is 51.4 Å². The fraction of sp³-hybridized carbons (Fsp3) is 1.00. The van der Waals surface area contributed by atoms with Gasteiger partial charge in [-0.15, -0.1) is 0 Å². The zero-order valence-corrected chi connectivity index (χ0v) is 10.3. The van der Waals surface area contributed by atoms with Crippen molar-refractivity contribution in [1.82, 2.24) is 5.32 Å². The van der Waals surface area contributed by atoms with E-state index in [1.807, 2.05) is 0 Å². The Kier molecular flexibility index (Phi) is 4.22. The van der Waals surface area contributed by atoms with Crippen molar-refractivity contribution in [3.63, 3.8) is 0 Å². The summed E-state index contributed by atoms with van der Waals surface area (Å²) >= 11 is 0. The fourth-order valence-electron chi connectivity index (χ4n) is 3.47. The summed E-state index contributed by atoms with van der Waals surface area (Å²) in [5.41, 5.74) is 6.16. The first-order valence-electron chi connectivity index (χ1n) is 6.88. The van der Waals surface area contributed by atoms with E-state index in [2.05, 4.69) is 5.32 Å². The minimum atomic E-state index is 0.181. The predicted octanol–water partition coefficient (Wildman–Crippen LogP) is 1.40. The molecular formula is C13H26N2O. The molecule has 4 N–H and O–H groups in total. The highest BCUT2D eigenvalue weighted by Crippen LogP contribution is 2.32. The number of aliphatic hydroxyl groups excluding tert-OH is 1. The average molecular weight is 226 g/mol. The van der Waals surface area contributed by atoms with E-state index in [1.54, 1.807) is 0 Å². The molecule has 2 aliphatic carbocycles. The third kappa shape index (κ3) is 2.58. The summed E-state index contributed by atoms with van der Waals surface area (Å²) in [5, 5.41) is 13.1. The molecule has 0 bridgehead atoms. The Hall–Kier alpha value is -0.120. The number of hydrogen-bond donors (Lipinski definition) is 3. The minimum absolute atomic E-state index is 0.181. The number of rotatable bonds is 4. The van der Waals surface area contributed by atoms with Gasteiger partial charge in [0.15, 0.2) is 0 Å². The summed E-state index contributed by atoms with van der Waals surface area (Å²) in [6.07, 6.45) is 10.1. The molecule has 2 fully saturated rings. The Balaban J connectivity index is 1.94. The first kappa shape index (κ1) is 12.3. The number of nitrogens with two attached hydrogens (primary N) is 1. The predicted molar refractivity (Wildman–Crippen MR) is 66.2 cm³/mol. The molecule has 0 saturated heterocycles. The van der Waals surface area contributed by atoms with Crippen LogP contribution in [-0.2, 0) is 0 Å². The molecule has 3 nitrogen and oxygen atoms in total. The van der Waals surface area contributed by atoms with Gasteiger partial charge >= 0.3 is 0 Å². The molecule has 0 aromatic rings. The van der Waals surface area contributed by atoms with Gasteiger partial charge in [0.05, 0.1) is 0 Å². The molecular weight excluding hydrogens is 200 g/mol. The second-order valence-corrected chi connectivity index (χ2v) is 5.67. The topological polar surface area (TPSA) is 58.3 Å². The molecule has 2 atom stereocenters. The highest BCUT2D eigenvalue weighted by atomic mass is 16.3. The normalized spacial score (nSPS) is 34.1. The van der Waals surface area contributed by atoms with E-state index >= 15 is 0 Å². The van der Waals surface area contributed by atoms with Gasteiger partial charge < -0.3 is 16.2 Å². The van der Waals surface area contributed by atoms with Gasteiger partial charge in [0, 0.05) is 24.7 Å². The van der Waals surface area contributed by atoms with Crippen molar-refractivity contribution >= 4 is 0 Å². The van der Waals surface area contributed by atoms with Crippen LogP contribution in [-0.4, -0.2) is 29.8 Å². The van der Waals surface area contributed by atoms with Gasteiger partial charge in [-0.3, -0.25) is 0 Å². The van der Waals surface area contributed by atoms with Gasteiger partial charge in [-0.05, 0) is 31.6 Å². The molecule has 0 spiro atoms.